The third-order valence-corrected chi connectivity index (χ3v) is 6.06. The molecule has 26 heavy (non-hydrogen) atoms. The highest BCUT2D eigenvalue weighted by atomic mass is 28.4. The van der Waals surface area contributed by atoms with Crippen molar-refractivity contribution >= 4 is 14.7 Å². The lowest BCUT2D eigenvalue weighted by atomic mass is 10.2. The Hall–Kier alpha value is -1.56. The number of hydrogen-bond donors (Lipinski definition) is 0. The molecule has 1 aromatic carbocycles. The summed E-state index contributed by atoms with van der Waals surface area (Å²) in [5, 5.41) is -1.54. The van der Waals surface area contributed by atoms with Gasteiger partial charge in [-0.15, -0.1) is 5.12 Å². The van der Waals surface area contributed by atoms with Crippen LogP contribution in [0.25, 0.3) is 0 Å². The molecule has 5 nitrogen and oxygen atoms in total. The van der Waals surface area contributed by atoms with Gasteiger partial charge < -0.3 is 13.3 Å². The zero-order chi connectivity index (χ0) is 20.3. The van der Waals surface area contributed by atoms with Crippen LogP contribution in [-0.4, -0.2) is 44.8 Å². The van der Waals surface area contributed by atoms with Crippen LogP contribution < -0.4 is 0 Å². The van der Waals surface area contributed by atoms with E-state index < -0.39 is 54.9 Å². The number of hydrogen-bond acceptors (Lipinski definition) is 4. The summed E-state index contributed by atoms with van der Waals surface area (Å²) < 4.78 is 85.8. The van der Waals surface area contributed by atoms with Crippen LogP contribution in [0.4, 0.5) is 22.0 Å². The van der Waals surface area contributed by atoms with Crippen molar-refractivity contribution in [1.82, 2.24) is 5.12 Å². The monoisotopic (exact) mass is 401 g/mol. The van der Waals surface area contributed by atoms with Gasteiger partial charge in [0.25, 0.3) is 5.91 Å². The Balaban J connectivity index is 3.36. The minimum atomic E-state index is -5.13. The fourth-order valence-electron chi connectivity index (χ4n) is 2.03. The maximum atomic E-state index is 14.8. The average Bonchev–Trinajstić information content (AvgIpc) is 2.54. The van der Waals surface area contributed by atoms with E-state index in [1.807, 2.05) is 0 Å². The highest BCUT2D eigenvalue weighted by Crippen LogP contribution is 2.37. The van der Waals surface area contributed by atoms with Crippen LogP contribution in [0.2, 0.25) is 0 Å². The zero-order valence-corrected chi connectivity index (χ0v) is 15.9. The highest BCUT2D eigenvalue weighted by Gasteiger charge is 2.71. The summed E-state index contributed by atoms with van der Waals surface area (Å²) in [5.41, 5.74) is -5.91. The number of carbonyl (C=O) groups is 1. The fourth-order valence-corrected chi connectivity index (χ4v) is 4.39. The molecule has 0 saturated heterocycles. The van der Waals surface area contributed by atoms with Crippen LogP contribution >= 0.6 is 0 Å². The van der Waals surface area contributed by atoms with Crippen LogP contribution in [0.5, 0.6) is 0 Å². The highest BCUT2D eigenvalue weighted by molar-refractivity contribution is 6.63. The van der Waals surface area contributed by atoms with Crippen LogP contribution in [0.1, 0.15) is 38.1 Å². The van der Waals surface area contributed by atoms with E-state index in [2.05, 4.69) is 0 Å². The number of benzene rings is 1. The molecule has 0 bridgehead atoms. The summed E-state index contributed by atoms with van der Waals surface area (Å²) in [5.74, 6) is -5.34. The Bertz CT molecular complexity index is 634. The van der Waals surface area contributed by atoms with Gasteiger partial charge in [0, 0.05) is 19.3 Å². The van der Waals surface area contributed by atoms with Gasteiger partial charge in [-0.05, 0) is 39.8 Å². The molecule has 148 valence electrons. The first kappa shape index (κ1) is 22.5. The molecule has 11 heteroatoms. The Morgan fingerprint density at radius 1 is 1.12 bits per heavy atom. The molecule has 0 radical (unpaired) electrons. The summed E-state index contributed by atoms with van der Waals surface area (Å²) in [6.45, 7) is 5.54. The molecule has 1 aromatic rings. The van der Waals surface area contributed by atoms with Crippen molar-refractivity contribution in [2.24, 2.45) is 0 Å². The first-order valence-corrected chi connectivity index (χ1v) is 9.35. The molecule has 0 N–H and O–H groups in total. The molecule has 1 rings (SSSR count). The van der Waals surface area contributed by atoms with Crippen LogP contribution in [-0.2, 0) is 13.3 Å². The van der Waals surface area contributed by atoms with Crippen molar-refractivity contribution in [2.45, 2.75) is 45.6 Å². The molecular weight excluding hydrogens is 381 g/mol. The second kappa shape index (κ2) is 8.42. The molecule has 0 aliphatic heterocycles. The van der Waals surface area contributed by atoms with Gasteiger partial charge in [-0.3, -0.25) is 4.79 Å². The quantitative estimate of drug-likeness (QED) is 0.287. The van der Waals surface area contributed by atoms with E-state index in [9.17, 15) is 26.8 Å². The summed E-state index contributed by atoms with van der Waals surface area (Å²) in [4.78, 5) is 12.0. The molecule has 0 saturated carbocycles. The van der Waals surface area contributed by atoms with E-state index >= 15 is 0 Å². The first-order chi connectivity index (χ1) is 11.9. The Morgan fingerprint density at radius 2 is 1.62 bits per heavy atom. The molecule has 1 amide bonds. The molecule has 0 aliphatic carbocycles. The Morgan fingerprint density at radius 3 is 2.04 bits per heavy atom. The predicted octanol–water partition coefficient (Wildman–Crippen LogP) is 3.86. The first-order valence-electron chi connectivity index (χ1n) is 7.62. The largest absolute Gasteiger partial charge is 0.603 e. The van der Waals surface area contributed by atoms with Crippen molar-refractivity contribution in [3.63, 3.8) is 0 Å². The number of alkyl halides is 2. The second-order valence-corrected chi connectivity index (χ2v) is 8.42. The van der Waals surface area contributed by atoms with E-state index in [1.165, 1.54) is 27.7 Å². The summed E-state index contributed by atoms with van der Waals surface area (Å²) in [6, 6.07) is 2.21. The van der Waals surface area contributed by atoms with Gasteiger partial charge in [-0.2, -0.15) is 8.78 Å². The molecular formula is C15H20F5NO4Si. The third kappa shape index (κ3) is 4.39. The van der Waals surface area contributed by atoms with E-state index in [4.69, 9.17) is 13.3 Å². The maximum absolute atomic E-state index is 14.8. The van der Waals surface area contributed by atoms with E-state index in [0.29, 0.717) is 12.1 Å². The van der Waals surface area contributed by atoms with Gasteiger partial charge in [-0.25, -0.2) is 8.78 Å². The van der Waals surface area contributed by atoms with Crippen LogP contribution in [0.3, 0.4) is 0 Å². The van der Waals surface area contributed by atoms with Crippen LogP contribution in [0, 0.1) is 11.6 Å². The molecule has 0 unspecified atom stereocenters. The molecule has 0 fully saturated rings. The lowest BCUT2D eigenvalue weighted by Crippen LogP contribution is -2.68. The van der Waals surface area contributed by atoms with E-state index in [0.717, 1.165) is 13.2 Å². The van der Waals surface area contributed by atoms with Gasteiger partial charge in [0.05, 0.1) is 5.56 Å². The van der Waals surface area contributed by atoms with Crippen molar-refractivity contribution in [3.05, 3.63) is 35.4 Å². The third-order valence-electron chi connectivity index (χ3n) is 3.03. The van der Waals surface area contributed by atoms with Gasteiger partial charge in [0.1, 0.15) is 0 Å². The summed E-state index contributed by atoms with van der Waals surface area (Å²) in [7, 11) is -4.31. The number of amides is 1. The van der Waals surface area contributed by atoms with E-state index in [-0.39, 0.29) is 0 Å². The molecule has 0 heterocycles. The lowest BCUT2D eigenvalue weighted by molar-refractivity contribution is -0.198. The van der Waals surface area contributed by atoms with Gasteiger partial charge in [0.2, 0.25) is 0 Å². The van der Waals surface area contributed by atoms with Gasteiger partial charge in [-0.1, -0.05) is 10.5 Å². The van der Waals surface area contributed by atoms with Crippen molar-refractivity contribution in [2.75, 3.05) is 7.11 Å². The van der Waals surface area contributed by atoms with Crippen molar-refractivity contribution in [3.8, 4) is 0 Å². The Labute approximate surface area is 148 Å². The number of halogens is 5. The maximum Gasteiger partial charge on any atom is 0.603 e. The Kier molecular flexibility index (Phi) is 7.28. The molecule has 0 aliphatic rings. The smallest absolute Gasteiger partial charge is 0.372 e. The predicted molar refractivity (Wildman–Crippen MR) is 83.8 cm³/mol. The second-order valence-electron chi connectivity index (χ2n) is 5.82. The average molecular weight is 401 g/mol. The SMILES string of the molecule is CO[Si](OC(C)C)(OC(C)C)C(F)(F)N(F)C(=O)c1cccc(F)c1F. The minimum absolute atomic E-state index is 0.658. The molecule has 0 atom stereocenters. The van der Waals surface area contributed by atoms with Crippen molar-refractivity contribution < 1.29 is 40.1 Å². The number of rotatable bonds is 8. The number of nitrogens with zero attached hydrogens (tertiary/aromatic N) is 1. The van der Waals surface area contributed by atoms with Crippen LogP contribution in [0.15, 0.2) is 18.2 Å². The summed E-state index contributed by atoms with van der Waals surface area (Å²) >= 11 is 0. The fraction of sp³-hybridized carbons (Fsp3) is 0.533. The number of carbonyl (C=O) groups excluding carboxylic acids is 1. The topological polar surface area (TPSA) is 48.0 Å². The summed E-state index contributed by atoms with van der Waals surface area (Å²) in [6.07, 6.45) is -1.72. The zero-order valence-electron chi connectivity index (χ0n) is 14.9. The normalized spacial score (nSPS) is 12.8. The van der Waals surface area contributed by atoms with Gasteiger partial charge in [0.15, 0.2) is 11.6 Å². The standard InChI is InChI=1S/C15H20F5NO4Si/c1-9(2)24-26(23-5,25-10(3)4)15(18,19)21(20)14(22)11-7-6-8-12(16)13(11)17/h6-10H,1-5H3. The van der Waals surface area contributed by atoms with Gasteiger partial charge >= 0.3 is 14.5 Å². The minimum Gasteiger partial charge on any atom is -0.372 e. The molecule has 0 spiro atoms. The lowest BCUT2D eigenvalue weighted by Gasteiger charge is -2.38. The van der Waals surface area contributed by atoms with E-state index in [1.54, 1.807) is 0 Å². The molecule has 0 aromatic heterocycles. The van der Waals surface area contributed by atoms with Crippen molar-refractivity contribution in [1.29, 1.82) is 0 Å².